The highest BCUT2D eigenvalue weighted by Gasteiger charge is 2.39. The van der Waals surface area contributed by atoms with Gasteiger partial charge in [0, 0.05) is 0 Å². The molecule has 1 aromatic rings. The quantitative estimate of drug-likeness (QED) is 0.552. The molecule has 0 amide bonds. The number of ether oxygens (including phenoxy) is 1. The molecule has 1 aliphatic rings. The van der Waals surface area contributed by atoms with E-state index in [0.717, 1.165) is 0 Å². The van der Waals surface area contributed by atoms with E-state index in [4.69, 9.17) is 9.84 Å². The highest BCUT2D eigenvalue weighted by Crippen LogP contribution is 2.28. The van der Waals surface area contributed by atoms with Crippen molar-refractivity contribution in [1.82, 2.24) is 9.78 Å². The largest absolute Gasteiger partial charge is 0.396 e. The predicted octanol–water partition coefficient (Wildman–Crippen LogP) is -0.200. The molecule has 2 rings (SSSR count). The van der Waals surface area contributed by atoms with E-state index >= 15 is 0 Å². The first-order valence-corrected chi connectivity index (χ1v) is 4.51. The van der Waals surface area contributed by atoms with Crippen molar-refractivity contribution in [2.24, 2.45) is 5.41 Å². The summed E-state index contributed by atoms with van der Waals surface area (Å²) in [6, 6.07) is 0. The van der Waals surface area contributed by atoms with Gasteiger partial charge in [-0.3, -0.25) is 14.8 Å². The highest BCUT2D eigenvalue weighted by atomic mass is 16.6. The molecule has 1 N–H and O–H groups in total. The molecule has 1 aromatic heterocycles. The van der Waals surface area contributed by atoms with Gasteiger partial charge in [-0.25, -0.2) is 0 Å². The molecule has 7 heteroatoms. The van der Waals surface area contributed by atoms with Crippen LogP contribution in [0.3, 0.4) is 0 Å². The molecule has 15 heavy (non-hydrogen) atoms. The van der Waals surface area contributed by atoms with Crippen LogP contribution in [0.25, 0.3) is 0 Å². The molecule has 0 bridgehead atoms. The Balaban J connectivity index is 2.07. The Morgan fingerprint density at radius 1 is 1.73 bits per heavy atom. The molecular formula is C8H11N3O4. The molecule has 2 heterocycles. The van der Waals surface area contributed by atoms with Gasteiger partial charge in [-0.15, -0.1) is 0 Å². The topological polar surface area (TPSA) is 90.4 Å². The highest BCUT2D eigenvalue weighted by molar-refractivity contribution is 5.20. The van der Waals surface area contributed by atoms with Crippen molar-refractivity contribution in [3.63, 3.8) is 0 Å². The second-order valence-corrected chi connectivity index (χ2v) is 3.80. The Morgan fingerprint density at radius 2 is 2.47 bits per heavy atom. The summed E-state index contributed by atoms with van der Waals surface area (Å²) in [7, 11) is 0. The number of aliphatic hydroxyl groups excluding tert-OH is 1. The minimum atomic E-state index is -0.494. The summed E-state index contributed by atoms with van der Waals surface area (Å²) in [5, 5.41) is 23.4. The second kappa shape index (κ2) is 3.59. The fourth-order valence-electron chi connectivity index (χ4n) is 1.50. The van der Waals surface area contributed by atoms with E-state index in [0.29, 0.717) is 19.8 Å². The van der Waals surface area contributed by atoms with Crippen LogP contribution in [-0.2, 0) is 11.3 Å². The number of nitro groups is 1. The molecule has 1 saturated heterocycles. The van der Waals surface area contributed by atoms with Crippen molar-refractivity contribution >= 4 is 5.69 Å². The molecule has 0 aromatic carbocycles. The summed E-state index contributed by atoms with van der Waals surface area (Å²) in [6.07, 6.45) is 2.56. The van der Waals surface area contributed by atoms with Gasteiger partial charge in [0.25, 0.3) is 0 Å². The number of hydrogen-bond donors (Lipinski definition) is 1. The van der Waals surface area contributed by atoms with Crippen molar-refractivity contribution in [2.45, 2.75) is 6.54 Å². The third kappa shape index (κ3) is 1.83. The summed E-state index contributed by atoms with van der Waals surface area (Å²) in [5.41, 5.74) is -0.358. The molecule has 0 saturated carbocycles. The standard InChI is InChI=1S/C8H11N3O4/c12-4-8(5-15-6-8)3-10-2-7(1-9-10)11(13)14/h1-2,12H,3-6H2. The van der Waals surface area contributed by atoms with E-state index in [1.807, 2.05) is 0 Å². The molecule has 0 spiro atoms. The molecule has 0 unspecified atom stereocenters. The number of aliphatic hydroxyl groups is 1. The molecule has 7 nitrogen and oxygen atoms in total. The van der Waals surface area contributed by atoms with Gasteiger partial charge in [0.2, 0.25) is 0 Å². The summed E-state index contributed by atoms with van der Waals surface area (Å²) < 4.78 is 6.49. The predicted molar refractivity (Wildman–Crippen MR) is 49.2 cm³/mol. The lowest BCUT2D eigenvalue weighted by Crippen LogP contribution is -2.48. The molecule has 1 fully saturated rings. The minimum absolute atomic E-state index is 0.000652. The molecule has 0 atom stereocenters. The summed E-state index contributed by atoms with van der Waals surface area (Å²) in [4.78, 5) is 9.92. The van der Waals surface area contributed by atoms with Gasteiger partial charge < -0.3 is 9.84 Å². The van der Waals surface area contributed by atoms with Crippen LogP contribution in [0.2, 0.25) is 0 Å². The fourth-order valence-corrected chi connectivity index (χ4v) is 1.50. The number of nitrogens with zero attached hydrogens (tertiary/aromatic N) is 3. The lowest BCUT2D eigenvalue weighted by Gasteiger charge is -2.39. The smallest absolute Gasteiger partial charge is 0.306 e. The van der Waals surface area contributed by atoms with Crippen LogP contribution in [0, 0.1) is 15.5 Å². The molecular weight excluding hydrogens is 202 g/mol. The summed E-state index contributed by atoms with van der Waals surface area (Å²) >= 11 is 0. The number of aromatic nitrogens is 2. The first-order valence-electron chi connectivity index (χ1n) is 4.51. The third-order valence-corrected chi connectivity index (χ3v) is 2.48. The minimum Gasteiger partial charge on any atom is -0.396 e. The summed E-state index contributed by atoms with van der Waals surface area (Å²) in [5.74, 6) is 0. The van der Waals surface area contributed by atoms with Crippen molar-refractivity contribution in [3.05, 3.63) is 22.5 Å². The normalized spacial score (nSPS) is 18.5. The van der Waals surface area contributed by atoms with Crippen LogP contribution < -0.4 is 0 Å². The van der Waals surface area contributed by atoms with E-state index in [-0.39, 0.29) is 17.7 Å². The van der Waals surface area contributed by atoms with E-state index < -0.39 is 4.92 Å². The zero-order chi connectivity index (χ0) is 10.9. The number of hydrogen-bond acceptors (Lipinski definition) is 5. The van der Waals surface area contributed by atoms with E-state index in [2.05, 4.69) is 5.10 Å². The first-order chi connectivity index (χ1) is 7.15. The van der Waals surface area contributed by atoms with Gasteiger partial charge in [-0.05, 0) is 0 Å². The van der Waals surface area contributed by atoms with Crippen molar-refractivity contribution in [3.8, 4) is 0 Å². The van der Waals surface area contributed by atoms with Crippen LogP contribution in [0.5, 0.6) is 0 Å². The Labute approximate surface area is 85.4 Å². The van der Waals surface area contributed by atoms with E-state index in [1.165, 1.54) is 17.1 Å². The zero-order valence-corrected chi connectivity index (χ0v) is 8.00. The third-order valence-electron chi connectivity index (χ3n) is 2.48. The second-order valence-electron chi connectivity index (χ2n) is 3.80. The maximum Gasteiger partial charge on any atom is 0.306 e. The van der Waals surface area contributed by atoms with Gasteiger partial charge in [-0.2, -0.15) is 5.10 Å². The first kappa shape index (κ1) is 10.1. The van der Waals surface area contributed by atoms with Crippen LogP contribution >= 0.6 is 0 Å². The van der Waals surface area contributed by atoms with Crippen LogP contribution in [0.4, 0.5) is 5.69 Å². The maximum atomic E-state index is 10.4. The molecule has 82 valence electrons. The van der Waals surface area contributed by atoms with Gasteiger partial charge in [0.1, 0.15) is 12.4 Å². The van der Waals surface area contributed by atoms with Gasteiger partial charge in [0.15, 0.2) is 0 Å². The SMILES string of the molecule is O=[N+]([O-])c1cnn(CC2(CO)COC2)c1. The Hall–Kier alpha value is -1.47. The average Bonchev–Trinajstić information content (AvgIpc) is 2.59. The van der Waals surface area contributed by atoms with Gasteiger partial charge >= 0.3 is 5.69 Å². The van der Waals surface area contributed by atoms with Gasteiger partial charge in [0.05, 0.1) is 36.7 Å². The van der Waals surface area contributed by atoms with Crippen molar-refractivity contribution in [2.75, 3.05) is 19.8 Å². The molecule has 0 radical (unpaired) electrons. The van der Waals surface area contributed by atoms with E-state index in [9.17, 15) is 10.1 Å². The fraction of sp³-hybridized carbons (Fsp3) is 0.625. The average molecular weight is 213 g/mol. The van der Waals surface area contributed by atoms with Crippen molar-refractivity contribution < 1.29 is 14.8 Å². The van der Waals surface area contributed by atoms with Gasteiger partial charge in [-0.1, -0.05) is 0 Å². The molecule has 0 aliphatic carbocycles. The van der Waals surface area contributed by atoms with Crippen LogP contribution in [-0.4, -0.2) is 39.6 Å². The maximum absolute atomic E-state index is 10.4. The lowest BCUT2D eigenvalue weighted by molar-refractivity contribution is -0.385. The van der Waals surface area contributed by atoms with Crippen LogP contribution in [0.1, 0.15) is 0 Å². The molecule has 1 aliphatic heterocycles. The Bertz CT molecular complexity index is 366. The number of rotatable bonds is 4. The van der Waals surface area contributed by atoms with Crippen LogP contribution in [0.15, 0.2) is 12.4 Å². The Morgan fingerprint density at radius 3 is 2.87 bits per heavy atom. The Kier molecular flexibility index (Phi) is 2.41. The lowest BCUT2D eigenvalue weighted by atomic mass is 9.87. The van der Waals surface area contributed by atoms with Crippen molar-refractivity contribution in [1.29, 1.82) is 0 Å². The summed E-state index contributed by atoms with van der Waals surface area (Å²) in [6.45, 7) is 1.38. The zero-order valence-electron chi connectivity index (χ0n) is 8.00. The van der Waals surface area contributed by atoms with E-state index in [1.54, 1.807) is 0 Å². The monoisotopic (exact) mass is 213 g/mol.